The van der Waals surface area contributed by atoms with E-state index in [1.165, 1.54) is 12.7 Å². The summed E-state index contributed by atoms with van der Waals surface area (Å²) in [6, 6.07) is 9.75. The summed E-state index contributed by atoms with van der Waals surface area (Å²) in [7, 11) is 3.23. The lowest BCUT2D eigenvalue weighted by Gasteiger charge is -2.25. The number of nitrogens with one attached hydrogen (secondary N) is 2. The van der Waals surface area contributed by atoms with Gasteiger partial charge in [-0.05, 0) is 25.5 Å². The Hall–Kier alpha value is -2.72. The molecule has 10 nitrogen and oxygen atoms in total. The van der Waals surface area contributed by atoms with Crippen LogP contribution in [0.4, 0.5) is 0 Å². The van der Waals surface area contributed by atoms with E-state index in [-0.39, 0.29) is 24.1 Å². The van der Waals surface area contributed by atoms with Crippen LogP contribution in [0.1, 0.15) is 24.4 Å². The molecule has 0 radical (unpaired) electrons. The molecule has 1 saturated heterocycles. The van der Waals surface area contributed by atoms with Crippen molar-refractivity contribution in [3.8, 4) is 0 Å². The van der Waals surface area contributed by atoms with Crippen LogP contribution in [0.2, 0.25) is 0 Å². The molecule has 26 heavy (non-hydrogen) atoms. The topological polar surface area (TPSA) is 145 Å². The number of carbonyl (C=O) groups is 1. The van der Waals surface area contributed by atoms with Gasteiger partial charge < -0.3 is 15.8 Å². The fraction of sp³-hybridized carbons (Fsp3) is 0.500. The Balaban J connectivity index is 1.87. The first-order valence-electron chi connectivity index (χ1n) is 8.27. The molecular weight excluding hydrogens is 340 g/mol. The van der Waals surface area contributed by atoms with Crippen molar-refractivity contribution >= 4 is 11.9 Å². The number of methoxy groups -OCH3 is 1. The molecule has 10 heteroatoms. The summed E-state index contributed by atoms with van der Waals surface area (Å²) in [4.78, 5) is 24.3. The van der Waals surface area contributed by atoms with Crippen molar-refractivity contribution in [2.45, 2.75) is 31.1 Å². The Morgan fingerprint density at radius 1 is 1.50 bits per heavy atom. The molecule has 0 spiro atoms. The molecule has 1 aromatic rings. The average Bonchev–Trinajstić information content (AvgIpc) is 3.41. The van der Waals surface area contributed by atoms with Crippen LogP contribution in [0.5, 0.6) is 0 Å². The summed E-state index contributed by atoms with van der Waals surface area (Å²) in [5.74, 6) is -0.578. The molecule has 1 aromatic carbocycles. The van der Waals surface area contributed by atoms with Gasteiger partial charge in [0.05, 0.1) is 19.3 Å². The van der Waals surface area contributed by atoms with Gasteiger partial charge in [-0.3, -0.25) is 15.0 Å². The van der Waals surface area contributed by atoms with E-state index in [2.05, 4.69) is 15.7 Å². The molecule has 142 valence electrons. The number of esters is 1. The first-order chi connectivity index (χ1) is 12.4. The highest BCUT2D eigenvalue weighted by Gasteiger charge is 2.44. The lowest BCUT2D eigenvalue weighted by molar-refractivity contribution is -0.485. The van der Waals surface area contributed by atoms with Crippen LogP contribution in [0.3, 0.4) is 0 Å². The summed E-state index contributed by atoms with van der Waals surface area (Å²) in [5, 5.41) is 18.3. The standard InChI is InChI=1S/C16H24N6O4/c1-21(14-13(19-14)11-7-4-3-5-8-11)12(15(23)26-2)9-6-10-18-16(17)20-22(24)25/h3-5,7-8,12-14,19H,6,9-10H2,1-2H3,(H3,17,18,20)/t12-,13?,14?/m0/s1. The van der Waals surface area contributed by atoms with E-state index >= 15 is 0 Å². The third-order valence-electron chi connectivity index (χ3n) is 4.27. The summed E-state index contributed by atoms with van der Waals surface area (Å²) >= 11 is 0. The van der Waals surface area contributed by atoms with Crippen LogP contribution in [-0.4, -0.2) is 54.8 Å². The summed E-state index contributed by atoms with van der Waals surface area (Å²) < 4.78 is 4.92. The van der Waals surface area contributed by atoms with Gasteiger partial charge >= 0.3 is 5.97 Å². The monoisotopic (exact) mass is 364 g/mol. The fourth-order valence-electron chi connectivity index (χ4n) is 2.87. The second-order valence-corrected chi connectivity index (χ2v) is 6.00. The largest absolute Gasteiger partial charge is 0.468 e. The Morgan fingerprint density at radius 3 is 2.81 bits per heavy atom. The van der Waals surface area contributed by atoms with Gasteiger partial charge in [0.2, 0.25) is 0 Å². The van der Waals surface area contributed by atoms with Gasteiger partial charge in [-0.25, -0.2) is 10.1 Å². The van der Waals surface area contributed by atoms with Crippen LogP contribution < -0.4 is 16.4 Å². The predicted molar refractivity (Wildman–Crippen MR) is 95.5 cm³/mol. The molecule has 0 aliphatic carbocycles. The number of hydrazone groups is 1. The molecular formula is C16H24N6O4. The van der Waals surface area contributed by atoms with Gasteiger partial charge in [-0.1, -0.05) is 30.3 Å². The molecule has 4 N–H and O–H groups in total. The molecule has 2 rings (SSSR count). The third-order valence-corrected chi connectivity index (χ3v) is 4.27. The zero-order chi connectivity index (χ0) is 19.1. The number of hydrogen-bond acceptors (Lipinski definition) is 6. The SMILES string of the molecule is COC(=O)[C@H](CCCNC(N)=N[N+](=O)[O-])N(C)C1NC1c1ccccc1. The van der Waals surface area contributed by atoms with Crippen molar-refractivity contribution in [1.82, 2.24) is 15.5 Å². The van der Waals surface area contributed by atoms with Crippen molar-refractivity contribution < 1.29 is 14.6 Å². The maximum Gasteiger partial charge on any atom is 0.323 e. The van der Waals surface area contributed by atoms with E-state index in [9.17, 15) is 14.9 Å². The zero-order valence-electron chi connectivity index (χ0n) is 14.8. The minimum atomic E-state index is -0.865. The van der Waals surface area contributed by atoms with Gasteiger partial charge in [-0.2, -0.15) is 0 Å². The molecule has 0 amide bonds. The molecule has 1 fully saturated rings. The van der Waals surface area contributed by atoms with Crippen molar-refractivity contribution in [2.24, 2.45) is 10.8 Å². The zero-order valence-corrected chi connectivity index (χ0v) is 14.8. The molecule has 1 aliphatic rings. The average molecular weight is 364 g/mol. The smallest absolute Gasteiger partial charge is 0.323 e. The van der Waals surface area contributed by atoms with Crippen LogP contribution in [0.15, 0.2) is 35.4 Å². The van der Waals surface area contributed by atoms with E-state index < -0.39 is 11.1 Å². The fourth-order valence-corrected chi connectivity index (χ4v) is 2.87. The Kier molecular flexibility index (Phi) is 6.87. The maximum atomic E-state index is 12.2. The van der Waals surface area contributed by atoms with Crippen molar-refractivity contribution in [1.29, 1.82) is 0 Å². The normalized spacial score (nSPS) is 20.5. The molecule has 2 unspecified atom stereocenters. The van der Waals surface area contributed by atoms with E-state index in [0.29, 0.717) is 19.4 Å². The van der Waals surface area contributed by atoms with Gasteiger partial charge in [0, 0.05) is 6.54 Å². The molecule has 1 heterocycles. The van der Waals surface area contributed by atoms with Crippen LogP contribution in [0.25, 0.3) is 0 Å². The number of hydrogen-bond donors (Lipinski definition) is 3. The maximum absolute atomic E-state index is 12.2. The quantitative estimate of drug-likeness (QED) is 0.106. The number of ether oxygens (including phenoxy) is 1. The van der Waals surface area contributed by atoms with Crippen molar-refractivity contribution in [2.75, 3.05) is 20.7 Å². The van der Waals surface area contributed by atoms with Crippen molar-refractivity contribution in [3.63, 3.8) is 0 Å². The van der Waals surface area contributed by atoms with Gasteiger partial charge in [0.15, 0.2) is 5.03 Å². The van der Waals surface area contributed by atoms with Crippen LogP contribution >= 0.6 is 0 Å². The minimum Gasteiger partial charge on any atom is -0.468 e. The van der Waals surface area contributed by atoms with Crippen LogP contribution in [0, 0.1) is 10.1 Å². The predicted octanol–water partition coefficient (Wildman–Crippen LogP) is 0.00660. The Bertz CT molecular complexity index is 653. The van der Waals surface area contributed by atoms with Gasteiger partial charge in [0.25, 0.3) is 5.96 Å². The lowest BCUT2D eigenvalue weighted by atomic mass is 10.1. The van der Waals surface area contributed by atoms with E-state index in [4.69, 9.17) is 10.5 Å². The van der Waals surface area contributed by atoms with E-state index in [0.717, 1.165) is 0 Å². The number of benzene rings is 1. The molecule has 1 aliphatic heterocycles. The summed E-state index contributed by atoms with van der Waals surface area (Å²) in [6.07, 6.45) is 1.14. The number of rotatable bonds is 9. The number of nitrogens with zero attached hydrogens (tertiary/aromatic N) is 3. The molecule has 3 atom stereocenters. The third kappa shape index (κ3) is 5.39. The highest BCUT2D eigenvalue weighted by molar-refractivity contribution is 5.77. The molecule has 0 saturated carbocycles. The lowest BCUT2D eigenvalue weighted by Crippen LogP contribution is -2.43. The molecule has 0 bridgehead atoms. The van der Waals surface area contributed by atoms with Crippen molar-refractivity contribution in [3.05, 3.63) is 46.0 Å². The second kappa shape index (κ2) is 9.11. The highest BCUT2D eigenvalue weighted by Crippen LogP contribution is 2.33. The summed E-state index contributed by atoms with van der Waals surface area (Å²) in [5.41, 5.74) is 6.53. The Labute approximate surface area is 151 Å². The van der Waals surface area contributed by atoms with Crippen LogP contribution in [-0.2, 0) is 9.53 Å². The van der Waals surface area contributed by atoms with Gasteiger partial charge in [0.1, 0.15) is 11.1 Å². The van der Waals surface area contributed by atoms with Gasteiger partial charge in [-0.15, -0.1) is 0 Å². The number of likely N-dealkylation sites (N-methyl/N-ethyl adjacent to an activating group) is 1. The number of nitro groups is 1. The molecule has 0 aromatic heterocycles. The first kappa shape index (κ1) is 19.6. The Morgan fingerprint density at radius 2 is 2.19 bits per heavy atom. The highest BCUT2D eigenvalue weighted by atomic mass is 16.7. The van der Waals surface area contributed by atoms with E-state index in [1.807, 2.05) is 42.3 Å². The number of nitrogens with two attached hydrogens (primary N) is 1. The summed E-state index contributed by atoms with van der Waals surface area (Å²) in [6.45, 7) is 0.366. The second-order valence-electron chi connectivity index (χ2n) is 6.00. The number of carbonyl (C=O) groups excluding carboxylic acids is 1. The first-order valence-corrected chi connectivity index (χ1v) is 8.27. The number of guanidine groups is 1. The van der Waals surface area contributed by atoms with E-state index in [1.54, 1.807) is 0 Å². The minimum absolute atomic E-state index is 0.0515.